The van der Waals surface area contributed by atoms with E-state index in [2.05, 4.69) is 42.5 Å². The number of aryl methyl sites for hydroxylation is 1. The van der Waals surface area contributed by atoms with Gasteiger partial charge in [0.1, 0.15) is 11.9 Å². The molecular weight excluding hydrogens is 380 g/mol. The molecule has 1 heterocycles. The Kier molecular flexibility index (Phi) is 8.77. The van der Waals surface area contributed by atoms with Crippen LogP contribution in [0.5, 0.6) is 5.75 Å². The van der Waals surface area contributed by atoms with Crippen LogP contribution in [0, 0.1) is 0 Å². The first-order valence-corrected chi connectivity index (χ1v) is 5.73. The van der Waals surface area contributed by atoms with Crippen molar-refractivity contribution in [2.24, 2.45) is 0 Å². The van der Waals surface area contributed by atoms with Crippen molar-refractivity contribution in [3.63, 3.8) is 0 Å². The van der Waals surface area contributed by atoms with E-state index in [1.807, 2.05) is 12.1 Å². The summed E-state index contributed by atoms with van der Waals surface area (Å²) in [6.07, 6.45) is 2.40. The van der Waals surface area contributed by atoms with E-state index < -0.39 is 0 Å². The van der Waals surface area contributed by atoms with Crippen LogP contribution in [-0.2, 0) is 44.6 Å². The minimum absolute atomic E-state index is 0. The van der Waals surface area contributed by atoms with E-state index in [1.165, 1.54) is 11.1 Å². The second-order valence-electron chi connectivity index (χ2n) is 4.16. The van der Waals surface area contributed by atoms with Crippen LogP contribution < -0.4 is 4.74 Å². The Morgan fingerprint density at radius 2 is 1.53 bits per heavy atom. The summed E-state index contributed by atoms with van der Waals surface area (Å²) in [6.45, 7) is 0. The Bertz CT molecular complexity index is 493. The van der Waals surface area contributed by atoms with Gasteiger partial charge in [-0.15, -0.1) is 0 Å². The van der Waals surface area contributed by atoms with Gasteiger partial charge in [0.2, 0.25) is 0 Å². The zero-order chi connectivity index (χ0) is 10.8. The summed E-state index contributed by atoms with van der Waals surface area (Å²) in [5.41, 5.74) is 2.60. The van der Waals surface area contributed by atoms with Crippen LogP contribution in [0.3, 0.4) is 0 Å². The zero-order valence-corrected chi connectivity index (χ0v) is 14.2. The molecular formula is C15H14FeMoOS. The molecule has 1 nitrogen and oxygen atoms in total. The minimum atomic E-state index is 0. The van der Waals surface area contributed by atoms with Crippen LogP contribution >= 0.6 is 13.5 Å². The Labute approximate surface area is 146 Å². The molecule has 2 aromatic rings. The Hall–Kier alpha value is -0.202. The molecule has 2 radical (unpaired) electrons. The molecule has 4 heteroatoms. The van der Waals surface area contributed by atoms with Crippen LogP contribution in [0.2, 0.25) is 0 Å². The molecule has 0 spiro atoms. The molecule has 1 atom stereocenters. The van der Waals surface area contributed by atoms with Crippen molar-refractivity contribution < 1.29 is 42.9 Å². The van der Waals surface area contributed by atoms with Crippen LogP contribution in [0.25, 0.3) is 0 Å². The normalized spacial score (nSPS) is 15.7. The van der Waals surface area contributed by atoms with Crippen molar-refractivity contribution in [2.45, 2.75) is 18.9 Å². The first-order chi connectivity index (χ1) is 7.93. The van der Waals surface area contributed by atoms with Gasteiger partial charge in [-0.1, -0.05) is 48.5 Å². The third-order valence-corrected chi connectivity index (χ3v) is 3.09. The van der Waals surface area contributed by atoms with Gasteiger partial charge in [-0.2, -0.15) is 0 Å². The molecule has 0 saturated heterocycles. The average molecular weight is 394 g/mol. The van der Waals surface area contributed by atoms with Gasteiger partial charge in [-0.25, -0.2) is 0 Å². The molecule has 1 unspecified atom stereocenters. The van der Waals surface area contributed by atoms with Gasteiger partial charge in [0, 0.05) is 51.6 Å². The van der Waals surface area contributed by atoms with Crippen molar-refractivity contribution in [3.8, 4) is 5.75 Å². The molecule has 0 amide bonds. The predicted molar refractivity (Wildman–Crippen MR) is 72.2 cm³/mol. The van der Waals surface area contributed by atoms with E-state index in [0.717, 1.165) is 18.6 Å². The van der Waals surface area contributed by atoms with E-state index in [9.17, 15) is 0 Å². The molecule has 1 aliphatic rings. The maximum absolute atomic E-state index is 6.02. The number of hydrogen-bond donors (Lipinski definition) is 0. The number of rotatable bonds is 1. The van der Waals surface area contributed by atoms with Gasteiger partial charge < -0.3 is 4.74 Å². The number of ether oxygens (including phenoxy) is 1. The fourth-order valence-corrected chi connectivity index (χ4v) is 2.23. The molecule has 0 fully saturated rings. The zero-order valence-electron chi connectivity index (χ0n) is 10.3. The SMILES string of the molecule is [Fe].[Mo].[S].c1ccc(C2CCc3ccccc3O2)cc1. The second-order valence-corrected chi connectivity index (χ2v) is 4.16. The molecule has 0 saturated carbocycles. The molecule has 1 aliphatic heterocycles. The summed E-state index contributed by atoms with van der Waals surface area (Å²) in [7, 11) is 0. The number of benzene rings is 2. The van der Waals surface area contributed by atoms with Crippen molar-refractivity contribution in [2.75, 3.05) is 0 Å². The third-order valence-electron chi connectivity index (χ3n) is 3.09. The smallest absolute Gasteiger partial charge is 0.124 e. The topological polar surface area (TPSA) is 9.23 Å². The van der Waals surface area contributed by atoms with Crippen LogP contribution in [0.4, 0.5) is 0 Å². The molecule has 0 aliphatic carbocycles. The summed E-state index contributed by atoms with van der Waals surface area (Å²) >= 11 is 0. The fraction of sp³-hybridized carbons (Fsp3) is 0.200. The molecule has 2 aromatic carbocycles. The average Bonchev–Trinajstić information content (AvgIpc) is 2.39. The van der Waals surface area contributed by atoms with Crippen molar-refractivity contribution in [3.05, 3.63) is 65.7 Å². The molecule has 0 bridgehead atoms. The standard InChI is InChI=1S/C15H14O.Fe.Mo.S/c1-2-6-12(7-3-1)15-11-10-13-8-4-5-9-14(13)16-15;;;/h1-9,15H,10-11H2;;;. The van der Waals surface area contributed by atoms with E-state index in [0.29, 0.717) is 0 Å². The molecule has 19 heavy (non-hydrogen) atoms. The molecule has 0 aromatic heterocycles. The molecule has 3 rings (SSSR count). The number of fused-ring (bicyclic) bond motifs is 1. The Morgan fingerprint density at radius 1 is 0.895 bits per heavy atom. The van der Waals surface area contributed by atoms with Crippen LogP contribution in [0.1, 0.15) is 23.7 Å². The van der Waals surface area contributed by atoms with Gasteiger partial charge >= 0.3 is 0 Å². The van der Waals surface area contributed by atoms with E-state index in [4.69, 9.17) is 4.74 Å². The van der Waals surface area contributed by atoms with Gasteiger partial charge in [0.05, 0.1) is 0 Å². The van der Waals surface area contributed by atoms with Crippen molar-refractivity contribution in [1.82, 2.24) is 0 Å². The first-order valence-electron chi connectivity index (χ1n) is 5.73. The van der Waals surface area contributed by atoms with E-state index >= 15 is 0 Å². The molecule has 0 N–H and O–H groups in total. The fourth-order valence-electron chi connectivity index (χ4n) is 2.23. The summed E-state index contributed by atoms with van der Waals surface area (Å²) in [4.78, 5) is 0. The van der Waals surface area contributed by atoms with Crippen LogP contribution in [-0.4, -0.2) is 0 Å². The van der Waals surface area contributed by atoms with E-state index in [-0.39, 0.29) is 57.7 Å². The maximum atomic E-state index is 6.02. The Balaban J connectivity index is 0.00000108. The second kappa shape index (κ2) is 8.87. The monoisotopic (exact) mass is 396 g/mol. The summed E-state index contributed by atoms with van der Waals surface area (Å²) in [5.74, 6) is 1.04. The van der Waals surface area contributed by atoms with Crippen LogP contribution in [0.15, 0.2) is 54.6 Å². The third kappa shape index (κ3) is 4.39. The number of para-hydroxylation sites is 1. The van der Waals surface area contributed by atoms with Gasteiger partial charge in [-0.3, -0.25) is 0 Å². The summed E-state index contributed by atoms with van der Waals surface area (Å²) in [5, 5.41) is 0. The largest absolute Gasteiger partial charge is 0.485 e. The number of hydrogen-bond acceptors (Lipinski definition) is 1. The Morgan fingerprint density at radius 3 is 2.26 bits per heavy atom. The maximum Gasteiger partial charge on any atom is 0.124 e. The quantitative estimate of drug-likeness (QED) is 0.652. The van der Waals surface area contributed by atoms with E-state index in [1.54, 1.807) is 0 Å². The minimum Gasteiger partial charge on any atom is -0.485 e. The predicted octanol–water partition coefficient (Wildman–Crippen LogP) is 4.40. The van der Waals surface area contributed by atoms with Gasteiger partial charge in [0.15, 0.2) is 0 Å². The molecule has 100 valence electrons. The summed E-state index contributed by atoms with van der Waals surface area (Å²) < 4.78 is 6.02. The first kappa shape index (κ1) is 18.8. The van der Waals surface area contributed by atoms with Crippen molar-refractivity contribution in [1.29, 1.82) is 0 Å². The van der Waals surface area contributed by atoms with Gasteiger partial charge in [-0.05, 0) is 30.0 Å². The van der Waals surface area contributed by atoms with Crippen molar-refractivity contribution >= 4 is 13.5 Å². The summed E-state index contributed by atoms with van der Waals surface area (Å²) in [6, 6.07) is 18.8. The van der Waals surface area contributed by atoms with Gasteiger partial charge in [0.25, 0.3) is 0 Å².